The highest BCUT2D eigenvalue weighted by molar-refractivity contribution is 7.99. The van der Waals surface area contributed by atoms with Crippen LogP contribution in [-0.4, -0.2) is 31.4 Å². The summed E-state index contributed by atoms with van der Waals surface area (Å²) in [6.07, 6.45) is -3.29. The molecule has 0 aliphatic rings. The number of halogens is 5. The first-order valence-electron chi connectivity index (χ1n) is 9.15. The monoisotopic (exact) mass is 497 g/mol. The Labute approximate surface area is 191 Å². The number of carbonyl (C=O) groups is 1. The van der Waals surface area contributed by atoms with Crippen LogP contribution in [0.1, 0.15) is 5.56 Å². The van der Waals surface area contributed by atoms with Crippen LogP contribution in [0.5, 0.6) is 0 Å². The van der Waals surface area contributed by atoms with Crippen molar-refractivity contribution < 1.29 is 22.4 Å². The number of rotatable bonds is 5. The normalized spacial score (nSPS) is 11.7. The quantitative estimate of drug-likeness (QED) is 0.238. The molecule has 4 rings (SSSR count). The van der Waals surface area contributed by atoms with Gasteiger partial charge in [0.25, 0.3) is 5.56 Å². The maximum absolute atomic E-state index is 13.2. The predicted octanol–water partition coefficient (Wildman–Crippen LogP) is 4.65. The highest BCUT2D eigenvalue weighted by atomic mass is 35.5. The van der Waals surface area contributed by atoms with E-state index in [0.717, 1.165) is 30.0 Å². The summed E-state index contributed by atoms with van der Waals surface area (Å²) in [7, 11) is 0. The fraction of sp³-hybridized carbons (Fsp3) is 0.100. The van der Waals surface area contributed by atoms with E-state index < -0.39 is 29.0 Å². The second kappa shape index (κ2) is 8.87. The minimum atomic E-state index is -4.59. The molecule has 170 valence electrons. The van der Waals surface area contributed by atoms with Crippen LogP contribution in [0.4, 0.5) is 23.2 Å². The molecule has 7 nitrogen and oxygen atoms in total. The van der Waals surface area contributed by atoms with Gasteiger partial charge in [0.05, 0.1) is 33.9 Å². The van der Waals surface area contributed by atoms with Crippen molar-refractivity contribution in [3.8, 4) is 5.69 Å². The molecule has 2 heterocycles. The van der Waals surface area contributed by atoms with Gasteiger partial charge in [0.1, 0.15) is 11.2 Å². The largest absolute Gasteiger partial charge is 0.416 e. The number of hydrogen-bond donors (Lipinski definition) is 2. The third-order valence-corrected chi connectivity index (χ3v) is 5.60. The van der Waals surface area contributed by atoms with Gasteiger partial charge < -0.3 is 10.3 Å². The zero-order chi connectivity index (χ0) is 23.8. The number of carbonyl (C=O) groups excluding carboxylic acids is 1. The molecule has 2 N–H and O–H groups in total. The van der Waals surface area contributed by atoms with Crippen molar-refractivity contribution in [2.24, 2.45) is 0 Å². The molecular formula is C20H12ClF4N5O2S. The summed E-state index contributed by atoms with van der Waals surface area (Å²) in [5.74, 6) is -1.37. The third kappa shape index (κ3) is 5.01. The van der Waals surface area contributed by atoms with E-state index in [9.17, 15) is 27.2 Å². The Morgan fingerprint density at radius 1 is 1.18 bits per heavy atom. The number of amides is 1. The van der Waals surface area contributed by atoms with Crippen molar-refractivity contribution >= 4 is 46.0 Å². The van der Waals surface area contributed by atoms with Gasteiger partial charge in [-0.2, -0.15) is 18.3 Å². The Bertz CT molecular complexity index is 1400. The molecule has 0 radical (unpaired) electrons. The third-order valence-electron chi connectivity index (χ3n) is 4.40. The Morgan fingerprint density at radius 2 is 1.91 bits per heavy atom. The number of benzene rings is 2. The van der Waals surface area contributed by atoms with Gasteiger partial charge in [0.2, 0.25) is 5.91 Å². The topological polar surface area (TPSA) is 92.7 Å². The number of nitrogens with one attached hydrogen (secondary N) is 2. The average Bonchev–Trinajstić information content (AvgIpc) is 3.18. The zero-order valence-corrected chi connectivity index (χ0v) is 17.9. The van der Waals surface area contributed by atoms with E-state index in [-0.39, 0.29) is 32.7 Å². The van der Waals surface area contributed by atoms with Gasteiger partial charge in [-0.25, -0.2) is 14.1 Å². The molecule has 1 amide bonds. The number of H-pyrrole nitrogens is 1. The molecule has 4 aromatic rings. The van der Waals surface area contributed by atoms with Crippen molar-refractivity contribution in [3.05, 3.63) is 75.4 Å². The Balaban J connectivity index is 1.53. The summed E-state index contributed by atoms with van der Waals surface area (Å²) in [5, 5.41) is 6.63. The first-order chi connectivity index (χ1) is 15.6. The fourth-order valence-electron chi connectivity index (χ4n) is 2.86. The molecular weight excluding hydrogens is 486 g/mol. The molecule has 2 aromatic carbocycles. The molecule has 0 bridgehead atoms. The van der Waals surface area contributed by atoms with E-state index in [1.807, 2.05) is 0 Å². The van der Waals surface area contributed by atoms with E-state index >= 15 is 0 Å². The summed E-state index contributed by atoms with van der Waals surface area (Å²) in [5.41, 5.74) is -0.993. The molecule has 0 unspecified atom stereocenters. The molecule has 33 heavy (non-hydrogen) atoms. The number of aromatic amines is 1. The van der Waals surface area contributed by atoms with E-state index in [1.54, 1.807) is 0 Å². The smallest absolute Gasteiger partial charge is 0.324 e. The second-order valence-corrected chi connectivity index (χ2v) is 8.04. The van der Waals surface area contributed by atoms with E-state index in [0.29, 0.717) is 5.69 Å². The fourth-order valence-corrected chi connectivity index (χ4v) is 3.68. The first kappa shape index (κ1) is 22.8. The zero-order valence-electron chi connectivity index (χ0n) is 16.3. The van der Waals surface area contributed by atoms with Crippen LogP contribution < -0.4 is 10.9 Å². The van der Waals surface area contributed by atoms with Gasteiger partial charge in [-0.15, -0.1) is 0 Å². The summed E-state index contributed by atoms with van der Waals surface area (Å²) in [6.45, 7) is 0. The van der Waals surface area contributed by atoms with E-state index in [2.05, 4.69) is 20.4 Å². The van der Waals surface area contributed by atoms with Crippen LogP contribution in [0, 0.1) is 5.82 Å². The van der Waals surface area contributed by atoms with Crippen LogP contribution in [0.3, 0.4) is 0 Å². The molecule has 0 spiro atoms. The van der Waals surface area contributed by atoms with Crippen LogP contribution in [-0.2, 0) is 11.0 Å². The number of alkyl halides is 3. The highest BCUT2D eigenvalue weighted by Crippen LogP contribution is 2.34. The lowest BCUT2D eigenvalue weighted by Crippen LogP contribution is -2.16. The van der Waals surface area contributed by atoms with Crippen molar-refractivity contribution in [2.75, 3.05) is 11.1 Å². The number of fused-ring (bicyclic) bond motifs is 1. The standard InChI is InChI=1S/C20H12ClF4N5O2S/c21-14-6-1-10(20(23,24)25)7-15(14)27-16(31)9-33-19-28-17-13(18(32)29-19)8-26-30(17)12-4-2-11(22)3-5-12/h1-8H,9H2,(H,27,31)(H,28,29,32). The van der Waals surface area contributed by atoms with E-state index in [4.69, 9.17) is 11.6 Å². The average molecular weight is 498 g/mol. The van der Waals surface area contributed by atoms with Crippen LogP contribution >= 0.6 is 23.4 Å². The SMILES string of the molecule is O=C(CSc1nc2c(cnn2-c2ccc(F)cc2)c(=O)[nH]1)Nc1cc(C(F)(F)F)ccc1Cl. The van der Waals surface area contributed by atoms with Crippen LogP contribution in [0.15, 0.2) is 58.6 Å². The van der Waals surface area contributed by atoms with Crippen molar-refractivity contribution in [3.63, 3.8) is 0 Å². The number of aromatic nitrogens is 4. The first-order valence-corrected chi connectivity index (χ1v) is 10.5. The summed E-state index contributed by atoms with van der Waals surface area (Å²) in [6, 6.07) is 7.97. The van der Waals surface area contributed by atoms with Crippen molar-refractivity contribution in [1.82, 2.24) is 19.7 Å². The molecule has 0 atom stereocenters. The number of nitrogens with zero attached hydrogens (tertiary/aromatic N) is 3. The molecule has 2 aromatic heterocycles. The molecule has 0 saturated carbocycles. The minimum absolute atomic E-state index is 0.0579. The lowest BCUT2D eigenvalue weighted by Gasteiger charge is -2.11. The van der Waals surface area contributed by atoms with Gasteiger partial charge in [0, 0.05) is 0 Å². The minimum Gasteiger partial charge on any atom is -0.324 e. The Hall–Kier alpha value is -3.38. The number of thioether (sulfide) groups is 1. The number of anilines is 1. The van der Waals surface area contributed by atoms with Gasteiger partial charge >= 0.3 is 6.18 Å². The van der Waals surface area contributed by atoms with Gasteiger partial charge in [-0.05, 0) is 42.5 Å². The van der Waals surface area contributed by atoms with Gasteiger partial charge in [-0.3, -0.25) is 9.59 Å². The predicted molar refractivity (Wildman–Crippen MR) is 115 cm³/mol. The molecule has 0 fully saturated rings. The molecule has 0 aliphatic heterocycles. The lowest BCUT2D eigenvalue weighted by atomic mass is 10.2. The van der Waals surface area contributed by atoms with E-state index in [1.165, 1.54) is 35.1 Å². The maximum Gasteiger partial charge on any atom is 0.416 e. The van der Waals surface area contributed by atoms with Gasteiger partial charge in [0.15, 0.2) is 10.8 Å². The lowest BCUT2D eigenvalue weighted by molar-refractivity contribution is -0.137. The van der Waals surface area contributed by atoms with Gasteiger partial charge in [-0.1, -0.05) is 23.4 Å². The summed E-state index contributed by atoms with van der Waals surface area (Å²) >= 11 is 6.74. The Kier molecular flexibility index (Phi) is 6.13. The van der Waals surface area contributed by atoms with Crippen molar-refractivity contribution in [1.29, 1.82) is 0 Å². The second-order valence-electron chi connectivity index (χ2n) is 6.67. The van der Waals surface area contributed by atoms with Crippen molar-refractivity contribution in [2.45, 2.75) is 11.3 Å². The Morgan fingerprint density at radius 3 is 2.61 bits per heavy atom. The van der Waals surface area contributed by atoms with Crippen LogP contribution in [0.25, 0.3) is 16.7 Å². The highest BCUT2D eigenvalue weighted by Gasteiger charge is 2.31. The molecule has 0 aliphatic carbocycles. The molecule has 0 saturated heterocycles. The summed E-state index contributed by atoms with van der Waals surface area (Å²) < 4.78 is 53.2. The summed E-state index contributed by atoms with van der Waals surface area (Å²) in [4.78, 5) is 31.4. The number of hydrogen-bond acceptors (Lipinski definition) is 5. The van der Waals surface area contributed by atoms with Crippen LogP contribution in [0.2, 0.25) is 5.02 Å². The maximum atomic E-state index is 13.2. The molecule has 13 heteroatoms.